The molecule has 1 saturated heterocycles. The summed E-state index contributed by atoms with van der Waals surface area (Å²) in [4.78, 5) is 25.7. The first-order valence-corrected chi connectivity index (χ1v) is 18.2. The Morgan fingerprint density at radius 2 is 1.76 bits per heavy atom. The van der Waals surface area contributed by atoms with Crippen molar-refractivity contribution in [2.45, 2.75) is 143 Å². The fourth-order valence-electron chi connectivity index (χ4n) is 6.75. The molecule has 0 amide bonds. The van der Waals surface area contributed by atoms with Crippen molar-refractivity contribution in [2.75, 3.05) is 6.61 Å². The summed E-state index contributed by atoms with van der Waals surface area (Å²) in [6.07, 6.45) is 7.34. The van der Waals surface area contributed by atoms with Gasteiger partial charge >= 0.3 is 11.9 Å². The summed E-state index contributed by atoms with van der Waals surface area (Å²) in [7, 11) is -1.97. The lowest BCUT2D eigenvalue weighted by Gasteiger charge is -2.50. The zero-order chi connectivity index (χ0) is 28.5. The van der Waals surface area contributed by atoms with Crippen LogP contribution in [0.2, 0.25) is 18.1 Å². The summed E-state index contributed by atoms with van der Waals surface area (Å²) in [6, 6.07) is 0. The molecule has 7 heteroatoms. The molecule has 0 aromatic rings. The van der Waals surface area contributed by atoms with Crippen molar-refractivity contribution < 1.29 is 28.6 Å². The summed E-state index contributed by atoms with van der Waals surface area (Å²) in [5.74, 6) is 1.64. The minimum Gasteiger partial charge on any atom is -0.462 e. The summed E-state index contributed by atoms with van der Waals surface area (Å²) in [5.41, 5.74) is -0.507. The molecule has 0 spiro atoms. The van der Waals surface area contributed by atoms with E-state index in [4.69, 9.17) is 13.9 Å². The molecule has 0 aromatic carbocycles. The van der Waals surface area contributed by atoms with E-state index in [0.717, 1.165) is 51.4 Å². The average molecular weight is 553 g/mol. The minimum absolute atomic E-state index is 0.0661. The summed E-state index contributed by atoms with van der Waals surface area (Å²) < 4.78 is 18.8. The van der Waals surface area contributed by atoms with Crippen LogP contribution in [0.3, 0.4) is 0 Å². The number of esters is 2. The summed E-state index contributed by atoms with van der Waals surface area (Å²) in [6.45, 7) is 19.6. The van der Waals surface area contributed by atoms with Crippen molar-refractivity contribution >= 4 is 20.3 Å². The molecule has 1 heterocycles. The number of cyclic esters (lactones) is 1. The molecule has 0 radical (unpaired) electrons. The molecule has 3 aliphatic rings. The second-order valence-electron chi connectivity index (χ2n) is 14.9. The highest BCUT2D eigenvalue weighted by molar-refractivity contribution is 6.74. The Kier molecular flexibility index (Phi) is 10.2. The molecule has 2 aliphatic carbocycles. The fraction of sp³-hybridized carbons (Fsp3) is 0.935. The molecule has 2 saturated carbocycles. The van der Waals surface area contributed by atoms with Crippen LogP contribution >= 0.6 is 0 Å². The average Bonchev–Trinajstić information content (AvgIpc) is 2.81. The first-order chi connectivity index (χ1) is 17.6. The molecular formula is C31H56O6Si. The lowest BCUT2D eigenvalue weighted by Crippen LogP contribution is -2.49. The number of aliphatic hydroxyl groups excluding tert-OH is 1. The maximum Gasteiger partial charge on any atom is 0.311 e. The van der Waals surface area contributed by atoms with Gasteiger partial charge in [0.1, 0.15) is 12.2 Å². The third-order valence-corrected chi connectivity index (χ3v) is 15.2. The second-order valence-corrected chi connectivity index (χ2v) is 19.6. The third kappa shape index (κ3) is 7.42. The molecule has 3 fully saturated rings. The highest BCUT2D eigenvalue weighted by atomic mass is 28.4. The van der Waals surface area contributed by atoms with Crippen LogP contribution in [0.4, 0.5) is 0 Å². The Balaban J connectivity index is 1.72. The van der Waals surface area contributed by atoms with Crippen molar-refractivity contribution in [2.24, 2.45) is 35.0 Å². The zero-order valence-corrected chi connectivity index (χ0v) is 26.7. The topological polar surface area (TPSA) is 82.1 Å². The SMILES string of the molecule is CCC(C)(C)C(=O)O[C@H]1C[C@@H](CO)C[C@@H]2CC[C@H](C)[C@H](CC[C@@H]3C[C@@H](O[Si](C)(C)C(C)(C)C)CC(=O)O3)[C@H]21. The van der Waals surface area contributed by atoms with Gasteiger partial charge in [-0.15, -0.1) is 0 Å². The van der Waals surface area contributed by atoms with Crippen molar-refractivity contribution in [3.05, 3.63) is 0 Å². The molecule has 1 aliphatic heterocycles. The predicted molar refractivity (Wildman–Crippen MR) is 153 cm³/mol. The van der Waals surface area contributed by atoms with Gasteiger partial charge in [-0.2, -0.15) is 0 Å². The number of rotatable bonds is 9. The Bertz CT molecular complexity index is 818. The number of ether oxygens (including phenoxy) is 2. The molecule has 1 N–H and O–H groups in total. The van der Waals surface area contributed by atoms with Crippen molar-refractivity contribution in [3.63, 3.8) is 0 Å². The van der Waals surface area contributed by atoms with Crippen LogP contribution in [0.25, 0.3) is 0 Å². The first-order valence-electron chi connectivity index (χ1n) is 15.3. The van der Waals surface area contributed by atoms with E-state index in [1.54, 1.807) is 0 Å². The van der Waals surface area contributed by atoms with Crippen LogP contribution in [-0.4, -0.2) is 50.3 Å². The van der Waals surface area contributed by atoms with Gasteiger partial charge in [-0.1, -0.05) is 41.0 Å². The van der Waals surface area contributed by atoms with E-state index in [1.165, 1.54) is 0 Å². The second kappa shape index (κ2) is 12.3. The van der Waals surface area contributed by atoms with Gasteiger partial charge in [0, 0.05) is 18.9 Å². The molecule has 220 valence electrons. The maximum atomic E-state index is 13.1. The predicted octanol–water partition coefficient (Wildman–Crippen LogP) is 6.89. The van der Waals surface area contributed by atoms with Crippen molar-refractivity contribution in [3.8, 4) is 0 Å². The quantitative estimate of drug-likeness (QED) is 0.248. The van der Waals surface area contributed by atoms with Crippen molar-refractivity contribution in [1.29, 1.82) is 0 Å². The van der Waals surface area contributed by atoms with Gasteiger partial charge in [0.15, 0.2) is 8.32 Å². The number of aliphatic hydroxyl groups is 1. The van der Waals surface area contributed by atoms with Gasteiger partial charge in [0.2, 0.25) is 0 Å². The molecule has 0 aromatic heterocycles. The van der Waals surface area contributed by atoms with Gasteiger partial charge in [0.25, 0.3) is 0 Å². The summed E-state index contributed by atoms with van der Waals surface area (Å²) >= 11 is 0. The smallest absolute Gasteiger partial charge is 0.311 e. The monoisotopic (exact) mass is 552 g/mol. The van der Waals surface area contributed by atoms with Crippen LogP contribution in [0, 0.1) is 35.0 Å². The van der Waals surface area contributed by atoms with E-state index in [0.29, 0.717) is 30.1 Å². The molecule has 0 unspecified atom stereocenters. The number of carbonyl (C=O) groups excluding carboxylic acids is 2. The van der Waals surface area contributed by atoms with Gasteiger partial charge in [0.05, 0.1) is 17.9 Å². The van der Waals surface area contributed by atoms with E-state index in [9.17, 15) is 14.7 Å². The Labute approximate surface area is 233 Å². The Morgan fingerprint density at radius 1 is 1.08 bits per heavy atom. The molecule has 8 atom stereocenters. The van der Waals surface area contributed by atoms with Crippen molar-refractivity contribution in [1.82, 2.24) is 0 Å². The van der Waals surface area contributed by atoms with E-state index >= 15 is 0 Å². The largest absolute Gasteiger partial charge is 0.462 e. The van der Waals surface area contributed by atoms with Crippen LogP contribution in [-0.2, 0) is 23.5 Å². The third-order valence-electron chi connectivity index (χ3n) is 10.7. The number of hydrogen-bond acceptors (Lipinski definition) is 6. The van der Waals surface area contributed by atoms with Crippen LogP contribution in [0.15, 0.2) is 0 Å². The highest BCUT2D eigenvalue weighted by Crippen LogP contribution is 2.51. The van der Waals surface area contributed by atoms with Gasteiger partial charge in [-0.25, -0.2) is 0 Å². The zero-order valence-electron chi connectivity index (χ0n) is 25.7. The molecule has 38 heavy (non-hydrogen) atoms. The van der Waals surface area contributed by atoms with E-state index in [-0.39, 0.29) is 47.8 Å². The van der Waals surface area contributed by atoms with E-state index < -0.39 is 13.7 Å². The maximum absolute atomic E-state index is 13.1. The summed E-state index contributed by atoms with van der Waals surface area (Å²) in [5, 5.41) is 10.1. The first kappa shape index (κ1) is 31.6. The van der Waals surface area contributed by atoms with Crippen LogP contribution < -0.4 is 0 Å². The lowest BCUT2D eigenvalue weighted by atomic mass is 9.58. The number of fused-ring (bicyclic) bond motifs is 1. The molecule has 0 bridgehead atoms. The lowest BCUT2D eigenvalue weighted by molar-refractivity contribution is -0.175. The van der Waals surface area contributed by atoms with Gasteiger partial charge in [-0.3, -0.25) is 9.59 Å². The number of carbonyl (C=O) groups is 2. The number of hydrogen-bond donors (Lipinski definition) is 1. The van der Waals surface area contributed by atoms with E-state index in [1.807, 2.05) is 20.8 Å². The molecule has 6 nitrogen and oxygen atoms in total. The van der Waals surface area contributed by atoms with Gasteiger partial charge < -0.3 is 19.0 Å². The highest BCUT2D eigenvalue weighted by Gasteiger charge is 2.49. The van der Waals surface area contributed by atoms with Gasteiger partial charge in [-0.05, 0) is 94.2 Å². The van der Waals surface area contributed by atoms with Crippen LogP contribution in [0.1, 0.15) is 106 Å². The Hall–Kier alpha value is -0.923. The fourth-order valence-corrected chi connectivity index (χ4v) is 8.12. The van der Waals surface area contributed by atoms with Crippen LogP contribution in [0.5, 0.6) is 0 Å². The molecular weight excluding hydrogens is 496 g/mol. The standard InChI is InChI=1S/C31H56O6Si/c1-10-31(6,7)29(34)36-26-16-21(19-32)15-22-12-11-20(2)25(28(22)26)14-13-23-17-24(18-27(33)35-23)37-38(8,9)30(3,4)5/h20-26,28,32H,10-19H2,1-9H3/t20-,21-,22-,23+,24+,25-,26-,28-/m0/s1. The molecule has 3 rings (SSSR count). The van der Waals surface area contributed by atoms with E-state index in [2.05, 4.69) is 40.8 Å². The Morgan fingerprint density at radius 3 is 2.37 bits per heavy atom. The minimum atomic E-state index is -1.97. The normalized spacial score (nSPS) is 34.8.